The molecule has 1 amide bonds. The van der Waals surface area contributed by atoms with Gasteiger partial charge in [-0.1, -0.05) is 0 Å². The van der Waals surface area contributed by atoms with Crippen LogP contribution >= 0.6 is 0 Å². The lowest BCUT2D eigenvalue weighted by molar-refractivity contribution is 0.0298. The number of amides is 1. The molecule has 1 heterocycles. The molecule has 0 unspecified atom stereocenters. The highest BCUT2D eigenvalue weighted by molar-refractivity contribution is 5.68. The molecular weight excluding hydrogens is 306 g/mol. The zero-order valence-electron chi connectivity index (χ0n) is 15.5. The van der Waals surface area contributed by atoms with E-state index in [1.165, 1.54) is 0 Å². The lowest BCUT2D eigenvalue weighted by Crippen LogP contribution is -2.35. The lowest BCUT2D eigenvalue weighted by atomic mass is 10.2. The highest BCUT2D eigenvalue weighted by Crippen LogP contribution is 2.20. The van der Waals surface area contributed by atoms with Gasteiger partial charge in [0.1, 0.15) is 5.60 Å². The third-order valence-corrected chi connectivity index (χ3v) is 2.89. The topological polar surface area (TPSA) is 70.1 Å². The fourth-order valence-electron chi connectivity index (χ4n) is 1.78. The van der Waals surface area contributed by atoms with Gasteiger partial charge in [-0.05, 0) is 39.3 Å². The second kappa shape index (κ2) is 9.10. The van der Waals surface area contributed by atoms with E-state index in [1.54, 1.807) is 24.5 Å². The van der Waals surface area contributed by atoms with Crippen LogP contribution in [0.5, 0.6) is 0 Å². The summed E-state index contributed by atoms with van der Waals surface area (Å²) in [7, 11) is 5.56. The monoisotopic (exact) mass is 335 g/mol. The summed E-state index contributed by atoms with van der Waals surface area (Å²) >= 11 is 0. The van der Waals surface area contributed by atoms with Crippen LogP contribution in [0.4, 0.5) is 16.3 Å². The molecule has 0 aromatic carbocycles. The van der Waals surface area contributed by atoms with Crippen LogP contribution in [0, 0.1) is 0 Å². The molecular formula is C17H29N5O2. The Hall–Kier alpha value is -2.31. The number of anilines is 1. The van der Waals surface area contributed by atoms with Crippen LogP contribution in [0.15, 0.2) is 23.3 Å². The van der Waals surface area contributed by atoms with Crippen molar-refractivity contribution in [3.8, 4) is 0 Å². The maximum absolute atomic E-state index is 11.9. The summed E-state index contributed by atoms with van der Waals surface area (Å²) in [4.78, 5) is 23.9. The van der Waals surface area contributed by atoms with Crippen LogP contribution in [-0.2, 0) is 4.74 Å². The van der Waals surface area contributed by atoms with Gasteiger partial charge in [0.05, 0.1) is 12.0 Å². The Morgan fingerprint density at radius 2 is 2.08 bits per heavy atom. The first-order valence-electron chi connectivity index (χ1n) is 8.02. The Kier molecular flexibility index (Phi) is 7.48. The molecule has 7 nitrogen and oxygen atoms in total. The van der Waals surface area contributed by atoms with Gasteiger partial charge in [-0.25, -0.2) is 14.8 Å². The molecule has 7 heteroatoms. The molecule has 0 aliphatic heterocycles. The van der Waals surface area contributed by atoms with Crippen molar-refractivity contribution in [1.82, 2.24) is 14.8 Å². The molecule has 1 aromatic rings. The van der Waals surface area contributed by atoms with E-state index in [1.807, 2.05) is 51.9 Å². The summed E-state index contributed by atoms with van der Waals surface area (Å²) in [6.07, 6.45) is 3.91. The first-order chi connectivity index (χ1) is 11.2. The maximum atomic E-state index is 11.9. The largest absolute Gasteiger partial charge is 0.444 e. The Morgan fingerprint density at radius 1 is 1.38 bits per heavy atom. The fraction of sp³-hybridized carbons (Fsp3) is 0.588. The van der Waals surface area contributed by atoms with Crippen LogP contribution < -0.4 is 5.32 Å². The summed E-state index contributed by atoms with van der Waals surface area (Å²) in [6, 6.07) is 3.80. The number of hydrogen-bond acceptors (Lipinski definition) is 5. The van der Waals surface area contributed by atoms with Gasteiger partial charge >= 0.3 is 6.09 Å². The smallest absolute Gasteiger partial charge is 0.410 e. The minimum atomic E-state index is -0.474. The number of hydrogen-bond donors (Lipinski definition) is 1. The molecule has 0 spiro atoms. The number of rotatable bonds is 7. The molecule has 1 rings (SSSR count). The van der Waals surface area contributed by atoms with Crippen molar-refractivity contribution in [2.75, 3.05) is 39.5 Å². The predicted octanol–water partition coefficient (Wildman–Crippen LogP) is 2.97. The zero-order chi connectivity index (χ0) is 18.2. The number of ether oxygens (including phenoxy) is 1. The summed E-state index contributed by atoms with van der Waals surface area (Å²) < 4.78 is 5.32. The van der Waals surface area contributed by atoms with Crippen molar-refractivity contribution in [1.29, 1.82) is 0 Å². The predicted molar refractivity (Wildman–Crippen MR) is 98.0 cm³/mol. The van der Waals surface area contributed by atoms with Gasteiger partial charge in [0.2, 0.25) is 0 Å². The SMILES string of the molecule is CN(C)/C=N/c1ncccc1NCCCN(C)C(=O)OC(C)(C)C. The average molecular weight is 335 g/mol. The summed E-state index contributed by atoms with van der Waals surface area (Å²) in [5.41, 5.74) is 0.397. The van der Waals surface area contributed by atoms with Crippen LogP contribution in [0.1, 0.15) is 27.2 Å². The van der Waals surface area contributed by atoms with Gasteiger partial charge in [-0.2, -0.15) is 0 Å². The summed E-state index contributed by atoms with van der Waals surface area (Å²) in [6.45, 7) is 6.90. The van der Waals surface area contributed by atoms with Crippen molar-refractivity contribution >= 4 is 23.9 Å². The van der Waals surface area contributed by atoms with E-state index in [2.05, 4.69) is 15.3 Å². The van der Waals surface area contributed by atoms with Gasteiger partial charge in [-0.15, -0.1) is 0 Å². The molecule has 0 saturated heterocycles. The van der Waals surface area contributed by atoms with E-state index in [4.69, 9.17) is 4.74 Å². The Bertz CT molecular complexity index is 552. The number of nitrogens with one attached hydrogen (secondary N) is 1. The number of aliphatic imine (C=N–C) groups is 1. The second-order valence-corrected chi connectivity index (χ2v) is 6.76. The molecule has 1 N–H and O–H groups in total. The van der Waals surface area contributed by atoms with E-state index < -0.39 is 5.60 Å². The number of pyridine rings is 1. The Balaban J connectivity index is 2.44. The minimum Gasteiger partial charge on any atom is -0.444 e. The quantitative estimate of drug-likeness (QED) is 0.471. The third kappa shape index (κ3) is 7.80. The molecule has 24 heavy (non-hydrogen) atoms. The molecule has 1 aromatic heterocycles. The average Bonchev–Trinajstić information content (AvgIpc) is 2.48. The van der Waals surface area contributed by atoms with Gasteiger partial charge in [0.25, 0.3) is 0 Å². The molecule has 0 aliphatic rings. The van der Waals surface area contributed by atoms with E-state index in [0.717, 1.165) is 12.1 Å². The van der Waals surface area contributed by atoms with Crippen molar-refractivity contribution in [2.45, 2.75) is 32.8 Å². The summed E-state index contributed by atoms with van der Waals surface area (Å²) in [5, 5.41) is 3.31. The number of aromatic nitrogens is 1. The normalized spacial score (nSPS) is 11.4. The fourth-order valence-corrected chi connectivity index (χ4v) is 1.78. The molecule has 0 atom stereocenters. The lowest BCUT2D eigenvalue weighted by Gasteiger charge is -2.24. The second-order valence-electron chi connectivity index (χ2n) is 6.76. The van der Waals surface area contributed by atoms with Crippen molar-refractivity contribution < 1.29 is 9.53 Å². The van der Waals surface area contributed by atoms with Crippen LogP contribution in [-0.4, -0.2) is 67.0 Å². The standard InChI is InChI=1S/C17H29N5O2/c1-17(2,3)24-16(23)22(6)12-8-11-18-14-9-7-10-19-15(14)20-13-21(4)5/h7,9-10,13,18H,8,11-12H2,1-6H3/b20-13+. The molecule has 0 bridgehead atoms. The first kappa shape index (κ1) is 19.7. The first-order valence-corrected chi connectivity index (χ1v) is 8.02. The molecule has 0 aliphatic carbocycles. The van der Waals surface area contributed by atoms with Gasteiger partial charge < -0.3 is 19.9 Å². The number of carbonyl (C=O) groups is 1. The molecule has 134 valence electrons. The van der Waals surface area contributed by atoms with Crippen LogP contribution in [0.25, 0.3) is 0 Å². The molecule has 0 saturated carbocycles. The third-order valence-electron chi connectivity index (χ3n) is 2.89. The van der Waals surface area contributed by atoms with Crippen LogP contribution in [0.3, 0.4) is 0 Å². The number of carbonyl (C=O) groups excluding carboxylic acids is 1. The van der Waals surface area contributed by atoms with Crippen molar-refractivity contribution in [2.24, 2.45) is 4.99 Å². The summed E-state index contributed by atoms with van der Waals surface area (Å²) in [5.74, 6) is 0.645. The van der Waals surface area contributed by atoms with E-state index in [9.17, 15) is 4.79 Å². The number of nitrogens with zero attached hydrogens (tertiary/aromatic N) is 4. The highest BCUT2D eigenvalue weighted by atomic mass is 16.6. The van der Waals surface area contributed by atoms with E-state index in [0.29, 0.717) is 18.9 Å². The molecule has 0 fully saturated rings. The maximum Gasteiger partial charge on any atom is 0.410 e. The molecule has 0 radical (unpaired) electrons. The zero-order valence-corrected chi connectivity index (χ0v) is 15.5. The van der Waals surface area contributed by atoms with Crippen LogP contribution in [0.2, 0.25) is 0 Å². The minimum absolute atomic E-state index is 0.305. The Labute approximate surface area is 144 Å². The Morgan fingerprint density at radius 3 is 2.71 bits per heavy atom. The van der Waals surface area contributed by atoms with Gasteiger partial charge in [-0.3, -0.25) is 0 Å². The van der Waals surface area contributed by atoms with Gasteiger partial charge in [0.15, 0.2) is 5.82 Å². The van der Waals surface area contributed by atoms with Crippen molar-refractivity contribution in [3.05, 3.63) is 18.3 Å². The van der Waals surface area contributed by atoms with Gasteiger partial charge in [0, 0.05) is 40.4 Å². The van der Waals surface area contributed by atoms with E-state index in [-0.39, 0.29) is 6.09 Å². The highest BCUT2D eigenvalue weighted by Gasteiger charge is 2.19. The van der Waals surface area contributed by atoms with Crippen molar-refractivity contribution in [3.63, 3.8) is 0 Å². The van der Waals surface area contributed by atoms with E-state index >= 15 is 0 Å².